The first kappa shape index (κ1) is 17.1. The van der Waals surface area contributed by atoms with Crippen molar-refractivity contribution in [3.05, 3.63) is 47.5 Å². The van der Waals surface area contributed by atoms with Crippen LogP contribution in [0.5, 0.6) is 0 Å². The van der Waals surface area contributed by atoms with E-state index in [4.69, 9.17) is 0 Å². The molecule has 1 heterocycles. The number of aromatic amines is 1. The number of aromatic nitrogens is 2. The van der Waals surface area contributed by atoms with E-state index in [9.17, 15) is 22.3 Å². The average molecular weight is 378 g/mol. The Morgan fingerprint density at radius 1 is 1.19 bits per heavy atom. The lowest BCUT2D eigenvalue weighted by Crippen LogP contribution is -2.33. The summed E-state index contributed by atoms with van der Waals surface area (Å²) in [5.74, 6) is -1.74. The second kappa shape index (κ2) is 5.59. The quantitative estimate of drug-likeness (QED) is 0.733. The predicted octanol–water partition coefficient (Wildman–Crippen LogP) is 3.28. The number of fused-ring (bicyclic) bond motifs is 1. The Labute approximate surface area is 148 Å². The summed E-state index contributed by atoms with van der Waals surface area (Å²) < 4.78 is 52.5. The molecule has 2 aromatic carbocycles. The van der Waals surface area contributed by atoms with Crippen molar-refractivity contribution >= 4 is 20.9 Å². The molecular formula is C18H16F2N2O3S. The third-order valence-electron chi connectivity index (χ3n) is 4.89. The highest BCUT2D eigenvalue weighted by atomic mass is 32.2. The summed E-state index contributed by atoms with van der Waals surface area (Å²) >= 11 is 0. The molecule has 0 spiro atoms. The monoisotopic (exact) mass is 378 g/mol. The fraction of sp³-hybridized carbons (Fsp3) is 0.278. The van der Waals surface area contributed by atoms with E-state index in [0.29, 0.717) is 18.4 Å². The van der Waals surface area contributed by atoms with Crippen LogP contribution < -0.4 is 0 Å². The Morgan fingerprint density at radius 3 is 2.38 bits per heavy atom. The number of sulfone groups is 1. The van der Waals surface area contributed by atoms with Crippen molar-refractivity contribution in [2.75, 3.05) is 6.26 Å². The molecule has 3 aromatic rings. The number of hydrogen-bond acceptors (Lipinski definition) is 4. The molecule has 0 radical (unpaired) electrons. The number of nitrogens with one attached hydrogen (secondary N) is 1. The van der Waals surface area contributed by atoms with Crippen LogP contribution in [0, 0.1) is 11.6 Å². The van der Waals surface area contributed by atoms with Gasteiger partial charge in [0.15, 0.2) is 5.82 Å². The van der Waals surface area contributed by atoms with E-state index < -0.39 is 32.2 Å². The van der Waals surface area contributed by atoms with Gasteiger partial charge in [-0.15, -0.1) is 0 Å². The third-order valence-corrected chi connectivity index (χ3v) is 5.79. The van der Waals surface area contributed by atoms with Crippen molar-refractivity contribution in [3.63, 3.8) is 0 Å². The van der Waals surface area contributed by atoms with Crippen LogP contribution in [-0.4, -0.2) is 29.7 Å². The van der Waals surface area contributed by atoms with Crippen molar-refractivity contribution < 1.29 is 22.3 Å². The van der Waals surface area contributed by atoms with Crippen molar-refractivity contribution in [3.8, 4) is 11.1 Å². The summed E-state index contributed by atoms with van der Waals surface area (Å²) in [7, 11) is -3.67. The largest absolute Gasteiger partial charge is 0.385 e. The van der Waals surface area contributed by atoms with Gasteiger partial charge in [0.05, 0.1) is 16.7 Å². The van der Waals surface area contributed by atoms with Gasteiger partial charge in [-0.05, 0) is 30.4 Å². The number of rotatable bonds is 3. The van der Waals surface area contributed by atoms with Crippen LogP contribution in [-0.2, 0) is 15.4 Å². The Kier molecular flexibility index (Phi) is 3.68. The van der Waals surface area contributed by atoms with Crippen molar-refractivity contribution in [2.45, 2.75) is 30.0 Å². The highest BCUT2D eigenvalue weighted by molar-refractivity contribution is 7.90. The predicted molar refractivity (Wildman–Crippen MR) is 92.3 cm³/mol. The third kappa shape index (κ3) is 2.60. The number of nitrogens with zero attached hydrogens (tertiary/aromatic N) is 1. The van der Waals surface area contributed by atoms with Gasteiger partial charge < -0.3 is 10.1 Å². The van der Waals surface area contributed by atoms with Gasteiger partial charge in [-0.3, -0.25) is 0 Å². The van der Waals surface area contributed by atoms with Gasteiger partial charge in [0.2, 0.25) is 15.0 Å². The number of H-pyrrole nitrogens is 1. The van der Waals surface area contributed by atoms with Gasteiger partial charge in [0, 0.05) is 12.3 Å². The minimum Gasteiger partial charge on any atom is -0.385 e. The molecule has 0 amide bonds. The molecule has 1 fully saturated rings. The topological polar surface area (TPSA) is 83.1 Å². The summed E-state index contributed by atoms with van der Waals surface area (Å²) in [6.07, 6.45) is 3.22. The maximum absolute atomic E-state index is 14.9. The molecule has 8 heteroatoms. The van der Waals surface area contributed by atoms with Crippen LogP contribution in [0.25, 0.3) is 22.2 Å². The van der Waals surface area contributed by atoms with Gasteiger partial charge >= 0.3 is 0 Å². The number of hydrogen-bond donors (Lipinski definition) is 2. The zero-order valence-electron chi connectivity index (χ0n) is 13.9. The maximum Gasteiger partial charge on any atom is 0.225 e. The normalized spacial score (nSPS) is 16.6. The first-order valence-corrected chi connectivity index (χ1v) is 9.99. The molecule has 0 saturated heterocycles. The molecule has 0 unspecified atom stereocenters. The average Bonchev–Trinajstić information content (AvgIpc) is 2.98. The summed E-state index contributed by atoms with van der Waals surface area (Å²) in [6.45, 7) is 0. The lowest BCUT2D eigenvalue weighted by molar-refractivity contribution is -0.0387. The lowest BCUT2D eigenvalue weighted by Gasteiger charge is -2.37. The number of aliphatic hydroxyl groups is 1. The highest BCUT2D eigenvalue weighted by Crippen LogP contribution is 2.41. The van der Waals surface area contributed by atoms with Gasteiger partial charge in [-0.1, -0.05) is 24.3 Å². The first-order valence-electron chi connectivity index (χ1n) is 8.10. The van der Waals surface area contributed by atoms with Crippen LogP contribution in [0.2, 0.25) is 0 Å². The van der Waals surface area contributed by atoms with E-state index in [1.54, 1.807) is 24.3 Å². The van der Waals surface area contributed by atoms with Crippen molar-refractivity contribution in [2.24, 2.45) is 0 Å². The minimum atomic E-state index is -3.67. The molecule has 5 nitrogen and oxygen atoms in total. The molecule has 4 rings (SSSR count). The molecule has 26 heavy (non-hydrogen) atoms. The first-order chi connectivity index (χ1) is 12.2. The zero-order chi connectivity index (χ0) is 18.7. The molecule has 1 aliphatic carbocycles. The summed E-state index contributed by atoms with van der Waals surface area (Å²) in [5, 5.41) is 9.94. The SMILES string of the molecule is CS(=O)(=O)c1nc2cc(F)c(-c3ccc(C4(O)CCC4)cc3)c(F)c2[nH]1. The number of benzene rings is 2. The molecule has 0 bridgehead atoms. The lowest BCUT2D eigenvalue weighted by atomic mass is 9.75. The van der Waals surface area contributed by atoms with Gasteiger partial charge in [0.25, 0.3) is 0 Å². The van der Waals surface area contributed by atoms with E-state index in [2.05, 4.69) is 9.97 Å². The standard InChI is InChI=1S/C18H16F2N2O3S/c1-26(24,25)17-21-13-9-12(19)14(15(20)16(13)22-17)10-3-5-11(6-4-10)18(23)7-2-8-18/h3-6,9,23H,2,7-8H2,1H3,(H,21,22). The molecular weight excluding hydrogens is 362 g/mol. The molecule has 0 aliphatic heterocycles. The van der Waals surface area contributed by atoms with Crippen LogP contribution in [0.15, 0.2) is 35.5 Å². The number of imidazole rings is 1. The summed E-state index contributed by atoms with van der Waals surface area (Å²) in [6, 6.07) is 7.42. The van der Waals surface area contributed by atoms with Crippen molar-refractivity contribution in [1.29, 1.82) is 0 Å². The minimum absolute atomic E-state index is 0.0930. The molecule has 1 aromatic heterocycles. The Hall–Kier alpha value is -2.32. The molecule has 2 N–H and O–H groups in total. The second-order valence-electron chi connectivity index (χ2n) is 6.72. The van der Waals surface area contributed by atoms with Gasteiger partial charge in [0.1, 0.15) is 11.3 Å². The van der Waals surface area contributed by atoms with Crippen molar-refractivity contribution in [1.82, 2.24) is 9.97 Å². The van der Waals surface area contributed by atoms with Crippen LogP contribution >= 0.6 is 0 Å². The zero-order valence-corrected chi connectivity index (χ0v) is 14.7. The van der Waals surface area contributed by atoms with Gasteiger partial charge in [-0.25, -0.2) is 22.2 Å². The Morgan fingerprint density at radius 2 is 1.85 bits per heavy atom. The van der Waals surface area contributed by atoms with E-state index in [1.807, 2.05) is 0 Å². The molecule has 136 valence electrons. The van der Waals surface area contributed by atoms with Gasteiger partial charge in [-0.2, -0.15) is 0 Å². The fourth-order valence-corrected chi connectivity index (χ4v) is 3.80. The van der Waals surface area contributed by atoms with E-state index in [1.165, 1.54) is 0 Å². The van der Waals surface area contributed by atoms with Crippen LogP contribution in [0.4, 0.5) is 8.78 Å². The highest BCUT2D eigenvalue weighted by Gasteiger charge is 2.36. The summed E-state index contributed by atoms with van der Waals surface area (Å²) in [4.78, 5) is 6.16. The van der Waals surface area contributed by atoms with Crippen LogP contribution in [0.1, 0.15) is 24.8 Å². The molecule has 0 atom stereocenters. The van der Waals surface area contributed by atoms with E-state index in [0.717, 1.165) is 24.3 Å². The molecule has 1 aliphatic rings. The fourth-order valence-electron chi connectivity index (χ4n) is 3.25. The van der Waals surface area contributed by atoms with E-state index in [-0.39, 0.29) is 16.6 Å². The maximum atomic E-state index is 14.9. The Balaban J connectivity index is 1.83. The van der Waals surface area contributed by atoms with Crippen LogP contribution in [0.3, 0.4) is 0 Å². The van der Waals surface area contributed by atoms with E-state index >= 15 is 0 Å². The Bertz CT molecular complexity index is 1120. The second-order valence-corrected chi connectivity index (χ2v) is 8.65. The summed E-state index contributed by atoms with van der Waals surface area (Å²) in [5.41, 5.74) is -0.367. The number of halogens is 2. The molecule has 1 saturated carbocycles. The smallest absolute Gasteiger partial charge is 0.225 e.